The van der Waals surface area contributed by atoms with Crippen LogP contribution in [0.15, 0.2) is 22.7 Å². The molecule has 0 aromatic heterocycles. The summed E-state index contributed by atoms with van der Waals surface area (Å²) in [6.45, 7) is 6.16. The summed E-state index contributed by atoms with van der Waals surface area (Å²) >= 11 is 3.51. The van der Waals surface area contributed by atoms with Crippen LogP contribution in [0.3, 0.4) is 0 Å². The molecule has 19 heavy (non-hydrogen) atoms. The summed E-state index contributed by atoms with van der Waals surface area (Å²) in [7, 11) is 1.96. The topological polar surface area (TPSA) is 21.3 Å². The molecule has 1 unspecified atom stereocenters. The first-order chi connectivity index (χ1) is 9.21. The summed E-state index contributed by atoms with van der Waals surface area (Å²) in [6, 6.07) is 6.23. The highest BCUT2D eigenvalue weighted by molar-refractivity contribution is 9.10. The lowest BCUT2D eigenvalue weighted by Gasteiger charge is -2.17. The Morgan fingerprint density at radius 3 is 2.74 bits per heavy atom. The van der Waals surface area contributed by atoms with E-state index in [0.29, 0.717) is 5.92 Å². The Kier molecular flexibility index (Phi) is 8.15. The SMILES string of the molecule is CCCCC(CC)COc1ccc(Br)cc1CNC. The van der Waals surface area contributed by atoms with Crippen LogP contribution in [0.25, 0.3) is 0 Å². The van der Waals surface area contributed by atoms with E-state index in [4.69, 9.17) is 4.74 Å². The lowest BCUT2D eigenvalue weighted by atomic mass is 10.0. The van der Waals surface area contributed by atoms with Crippen LogP contribution < -0.4 is 10.1 Å². The molecule has 0 spiro atoms. The first-order valence-corrected chi connectivity index (χ1v) is 8.06. The number of hydrogen-bond donors (Lipinski definition) is 1. The van der Waals surface area contributed by atoms with Crippen LogP contribution in [0, 0.1) is 5.92 Å². The Bertz CT molecular complexity index is 368. The minimum atomic E-state index is 0.672. The summed E-state index contributed by atoms with van der Waals surface area (Å²) in [5, 5.41) is 3.19. The number of ether oxygens (including phenoxy) is 1. The smallest absolute Gasteiger partial charge is 0.123 e. The van der Waals surface area contributed by atoms with Crippen LogP contribution in [-0.2, 0) is 6.54 Å². The van der Waals surface area contributed by atoms with Crippen molar-refractivity contribution in [1.82, 2.24) is 5.32 Å². The van der Waals surface area contributed by atoms with Crippen LogP contribution in [0.5, 0.6) is 5.75 Å². The molecule has 1 aromatic carbocycles. The highest BCUT2D eigenvalue weighted by atomic mass is 79.9. The molecule has 0 saturated heterocycles. The highest BCUT2D eigenvalue weighted by Crippen LogP contribution is 2.24. The van der Waals surface area contributed by atoms with E-state index >= 15 is 0 Å². The van der Waals surface area contributed by atoms with E-state index in [0.717, 1.165) is 23.4 Å². The van der Waals surface area contributed by atoms with Gasteiger partial charge in [-0.1, -0.05) is 49.0 Å². The lowest BCUT2D eigenvalue weighted by Crippen LogP contribution is -2.13. The van der Waals surface area contributed by atoms with Crippen molar-refractivity contribution in [1.29, 1.82) is 0 Å². The van der Waals surface area contributed by atoms with Gasteiger partial charge in [-0.2, -0.15) is 0 Å². The second-order valence-electron chi connectivity index (χ2n) is 5.01. The van der Waals surface area contributed by atoms with Crippen LogP contribution in [0.4, 0.5) is 0 Å². The standard InChI is InChI=1S/C16H26BrNO/c1-4-6-7-13(5-2)12-19-16-9-8-15(17)10-14(16)11-18-3/h8-10,13,18H,4-7,11-12H2,1-3H3. The summed E-state index contributed by atoms with van der Waals surface area (Å²) in [4.78, 5) is 0. The van der Waals surface area contributed by atoms with E-state index in [-0.39, 0.29) is 0 Å². The van der Waals surface area contributed by atoms with Gasteiger partial charge < -0.3 is 10.1 Å². The number of halogens is 1. The third-order valence-corrected chi connectivity index (χ3v) is 3.90. The fraction of sp³-hybridized carbons (Fsp3) is 0.625. The predicted octanol–water partition coefficient (Wildman–Crippen LogP) is 4.76. The van der Waals surface area contributed by atoms with Gasteiger partial charge in [0.2, 0.25) is 0 Å². The van der Waals surface area contributed by atoms with E-state index in [1.807, 2.05) is 13.1 Å². The molecule has 0 bridgehead atoms. The van der Waals surface area contributed by atoms with E-state index in [1.54, 1.807) is 0 Å². The molecule has 0 aliphatic rings. The number of benzene rings is 1. The molecule has 108 valence electrons. The highest BCUT2D eigenvalue weighted by Gasteiger charge is 2.09. The van der Waals surface area contributed by atoms with E-state index in [9.17, 15) is 0 Å². The van der Waals surface area contributed by atoms with Crippen LogP contribution in [-0.4, -0.2) is 13.7 Å². The molecule has 0 heterocycles. The Morgan fingerprint density at radius 2 is 2.11 bits per heavy atom. The Balaban J connectivity index is 2.60. The molecule has 1 rings (SSSR count). The minimum absolute atomic E-state index is 0.672. The van der Waals surface area contributed by atoms with Crippen molar-refractivity contribution in [2.24, 2.45) is 5.92 Å². The summed E-state index contributed by atoms with van der Waals surface area (Å²) < 4.78 is 7.13. The molecular weight excluding hydrogens is 302 g/mol. The second-order valence-corrected chi connectivity index (χ2v) is 5.93. The monoisotopic (exact) mass is 327 g/mol. The van der Waals surface area contributed by atoms with Gasteiger partial charge in [-0.05, 0) is 37.6 Å². The van der Waals surface area contributed by atoms with Crippen LogP contribution in [0.2, 0.25) is 0 Å². The third kappa shape index (κ3) is 5.96. The zero-order valence-electron chi connectivity index (χ0n) is 12.3. The molecule has 0 radical (unpaired) electrons. The van der Waals surface area contributed by atoms with Crippen LogP contribution in [0.1, 0.15) is 45.1 Å². The molecule has 2 nitrogen and oxygen atoms in total. The van der Waals surface area contributed by atoms with Gasteiger partial charge in [0.05, 0.1) is 6.61 Å². The number of hydrogen-bond acceptors (Lipinski definition) is 2. The van der Waals surface area contributed by atoms with Gasteiger partial charge in [-0.15, -0.1) is 0 Å². The number of unbranched alkanes of at least 4 members (excludes halogenated alkanes) is 1. The van der Waals surface area contributed by atoms with Crippen molar-refractivity contribution in [3.8, 4) is 5.75 Å². The van der Waals surface area contributed by atoms with Gasteiger partial charge in [0.15, 0.2) is 0 Å². The van der Waals surface area contributed by atoms with E-state index in [2.05, 4.69) is 47.2 Å². The van der Waals surface area contributed by atoms with Crippen molar-refractivity contribution in [2.45, 2.75) is 46.1 Å². The average molecular weight is 328 g/mol. The van der Waals surface area contributed by atoms with Gasteiger partial charge in [0, 0.05) is 16.6 Å². The zero-order chi connectivity index (χ0) is 14.1. The van der Waals surface area contributed by atoms with Crippen molar-refractivity contribution in [3.63, 3.8) is 0 Å². The molecule has 1 N–H and O–H groups in total. The largest absolute Gasteiger partial charge is 0.493 e. The summed E-state index contributed by atoms with van der Waals surface area (Å²) in [5.74, 6) is 1.68. The van der Waals surface area contributed by atoms with E-state index < -0.39 is 0 Å². The normalized spacial score (nSPS) is 12.4. The third-order valence-electron chi connectivity index (χ3n) is 3.41. The Hall–Kier alpha value is -0.540. The Morgan fingerprint density at radius 1 is 1.32 bits per heavy atom. The molecule has 1 atom stereocenters. The maximum atomic E-state index is 6.03. The van der Waals surface area contributed by atoms with Crippen molar-refractivity contribution in [2.75, 3.05) is 13.7 Å². The van der Waals surface area contributed by atoms with Crippen molar-refractivity contribution >= 4 is 15.9 Å². The van der Waals surface area contributed by atoms with Gasteiger partial charge in [-0.25, -0.2) is 0 Å². The minimum Gasteiger partial charge on any atom is -0.493 e. The molecule has 0 aliphatic heterocycles. The molecule has 0 fully saturated rings. The summed E-state index contributed by atoms with van der Waals surface area (Å²) in [6.07, 6.45) is 5.02. The maximum Gasteiger partial charge on any atom is 0.123 e. The summed E-state index contributed by atoms with van der Waals surface area (Å²) in [5.41, 5.74) is 1.21. The van der Waals surface area contributed by atoms with Crippen molar-refractivity contribution < 1.29 is 4.74 Å². The maximum absolute atomic E-state index is 6.03. The molecule has 1 aromatic rings. The quantitative estimate of drug-likeness (QED) is 0.705. The molecule has 0 saturated carbocycles. The predicted molar refractivity (Wildman–Crippen MR) is 85.7 cm³/mol. The van der Waals surface area contributed by atoms with Gasteiger partial charge >= 0.3 is 0 Å². The first kappa shape index (κ1) is 16.5. The Labute approximate surface area is 126 Å². The van der Waals surface area contributed by atoms with Crippen molar-refractivity contribution in [3.05, 3.63) is 28.2 Å². The average Bonchev–Trinajstić information content (AvgIpc) is 2.41. The fourth-order valence-corrected chi connectivity index (χ4v) is 2.53. The van der Waals surface area contributed by atoms with Gasteiger partial charge in [0.1, 0.15) is 5.75 Å². The number of rotatable bonds is 9. The number of nitrogens with one attached hydrogen (secondary N) is 1. The molecular formula is C16H26BrNO. The van der Waals surface area contributed by atoms with Crippen LogP contribution >= 0.6 is 15.9 Å². The van der Waals surface area contributed by atoms with Gasteiger partial charge in [-0.3, -0.25) is 0 Å². The zero-order valence-corrected chi connectivity index (χ0v) is 13.9. The van der Waals surface area contributed by atoms with E-state index in [1.165, 1.54) is 31.2 Å². The molecule has 0 aliphatic carbocycles. The molecule has 0 amide bonds. The second kappa shape index (κ2) is 9.38. The van der Waals surface area contributed by atoms with Gasteiger partial charge in [0.25, 0.3) is 0 Å². The fourth-order valence-electron chi connectivity index (χ4n) is 2.12. The lowest BCUT2D eigenvalue weighted by molar-refractivity contribution is 0.231. The first-order valence-electron chi connectivity index (χ1n) is 7.27. The molecule has 3 heteroatoms.